The van der Waals surface area contributed by atoms with Crippen LogP contribution < -0.4 is 0 Å². The van der Waals surface area contributed by atoms with E-state index in [0.717, 1.165) is 22.7 Å². The lowest BCUT2D eigenvalue weighted by atomic mass is 10.1. The number of benzene rings is 2. The predicted molar refractivity (Wildman–Crippen MR) is 86.7 cm³/mol. The predicted octanol–water partition coefficient (Wildman–Crippen LogP) is 4.05. The molecule has 0 atom stereocenters. The molecule has 3 rings (SSSR count). The maximum atomic E-state index is 10.7. The van der Waals surface area contributed by atoms with E-state index < -0.39 is 5.97 Å². The van der Waals surface area contributed by atoms with Gasteiger partial charge in [-0.1, -0.05) is 41.9 Å². The van der Waals surface area contributed by atoms with Crippen LogP contribution in [-0.4, -0.2) is 21.0 Å². The highest BCUT2D eigenvalue weighted by Crippen LogP contribution is 2.28. The molecule has 0 aliphatic rings. The van der Waals surface area contributed by atoms with Crippen molar-refractivity contribution in [3.63, 3.8) is 0 Å². The lowest BCUT2D eigenvalue weighted by molar-refractivity contribution is -0.131. The third kappa shape index (κ3) is 2.97. The van der Waals surface area contributed by atoms with Crippen LogP contribution in [0.3, 0.4) is 0 Å². The summed E-state index contributed by atoms with van der Waals surface area (Å²) in [5.41, 5.74) is 2.35. The molecule has 0 bridgehead atoms. The van der Waals surface area contributed by atoms with Gasteiger partial charge in [0.25, 0.3) is 0 Å². The van der Waals surface area contributed by atoms with Gasteiger partial charge in [0.15, 0.2) is 5.82 Å². The summed E-state index contributed by atoms with van der Waals surface area (Å²) < 4.78 is 0. The molecule has 0 saturated carbocycles. The number of carbonyl (C=O) groups is 1. The molecule has 0 unspecified atom stereocenters. The van der Waals surface area contributed by atoms with E-state index in [4.69, 9.17) is 16.7 Å². The van der Waals surface area contributed by atoms with Crippen LogP contribution in [0.25, 0.3) is 28.2 Å². The molecule has 1 N–H and O–H groups in total. The summed E-state index contributed by atoms with van der Waals surface area (Å²) in [5.74, 6) is -0.697. The van der Waals surface area contributed by atoms with Gasteiger partial charge in [0.1, 0.15) is 0 Å². The standard InChI is InChI=1S/C17H11ClN2O2/c18-12-6-7-14-13(10-12)17(11-4-2-1-3-5-11)20-15(19-14)8-9-16(21)22/h1-10H,(H,21,22)/b9-8+. The summed E-state index contributed by atoms with van der Waals surface area (Å²) in [4.78, 5) is 19.5. The molecule has 0 radical (unpaired) electrons. The van der Waals surface area contributed by atoms with Crippen LogP contribution in [0.5, 0.6) is 0 Å². The lowest BCUT2D eigenvalue weighted by Crippen LogP contribution is -1.95. The van der Waals surface area contributed by atoms with Gasteiger partial charge in [-0.15, -0.1) is 0 Å². The maximum Gasteiger partial charge on any atom is 0.328 e. The van der Waals surface area contributed by atoms with Crippen molar-refractivity contribution in [2.45, 2.75) is 0 Å². The van der Waals surface area contributed by atoms with Crippen molar-refractivity contribution >= 4 is 34.5 Å². The topological polar surface area (TPSA) is 63.1 Å². The smallest absolute Gasteiger partial charge is 0.328 e. The normalized spacial score (nSPS) is 11.1. The van der Waals surface area contributed by atoms with E-state index in [0.29, 0.717) is 16.4 Å². The highest BCUT2D eigenvalue weighted by Gasteiger charge is 2.09. The van der Waals surface area contributed by atoms with Crippen LogP contribution in [0, 0.1) is 0 Å². The fourth-order valence-electron chi connectivity index (χ4n) is 2.16. The maximum absolute atomic E-state index is 10.7. The summed E-state index contributed by atoms with van der Waals surface area (Å²) in [6.07, 6.45) is 2.40. The van der Waals surface area contributed by atoms with Crippen molar-refractivity contribution < 1.29 is 9.90 Å². The van der Waals surface area contributed by atoms with E-state index in [-0.39, 0.29) is 0 Å². The van der Waals surface area contributed by atoms with E-state index in [9.17, 15) is 4.79 Å². The largest absolute Gasteiger partial charge is 0.478 e. The quantitative estimate of drug-likeness (QED) is 0.741. The van der Waals surface area contributed by atoms with Gasteiger partial charge < -0.3 is 5.11 Å². The number of aromatic nitrogens is 2. The minimum absolute atomic E-state index is 0.344. The van der Waals surface area contributed by atoms with Crippen molar-refractivity contribution in [1.29, 1.82) is 0 Å². The third-order valence-electron chi connectivity index (χ3n) is 3.10. The summed E-state index contributed by atoms with van der Waals surface area (Å²) in [6, 6.07) is 15.0. The monoisotopic (exact) mass is 310 g/mol. The second-order valence-corrected chi connectivity index (χ2v) is 5.07. The second kappa shape index (κ2) is 5.95. The zero-order chi connectivity index (χ0) is 15.5. The van der Waals surface area contributed by atoms with E-state index in [1.54, 1.807) is 12.1 Å². The molecule has 4 nitrogen and oxygen atoms in total. The van der Waals surface area contributed by atoms with Crippen molar-refractivity contribution in [2.24, 2.45) is 0 Å². The van der Waals surface area contributed by atoms with Crippen molar-refractivity contribution in [1.82, 2.24) is 9.97 Å². The van der Waals surface area contributed by atoms with Crippen LogP contribution in [-0.2, 0) is 4.79 Å². The van der Waals surface area contributed by atoms with Crippen LogP contribution in [0.4, 0.5) is 0 Å². The third-order valence-corrected chi connectivity index (χ3v) is 3.33. The first-order valence-electron chi connectivity index (χ1n) is 6.57. The molecule has 0 aliphatic carbocycles. The Bertz CT molecular complexity index is 876. The highest BCUT2D eigenvalue weighted by molar-refractivity contribution is 6.31. The van der Waals surface area contributed by atoms with E-state index in [2.05, 4.69) is 9.97 Å². The molecule has 0 aliphatic heterocycles. The Balaban J connectivity index is 2.26. The zero-order valence-corrected chi connectivity index (χ0v) is 12.2. The van der Waals surface area contributed by atoms with Gasteiger partial charge in [-0.3, -0.25) is 0 Å². The van der Waals surface area contributed by atoms with Crippen molar-refractivity contribution in [3.8, 4) is 11.3 Å². The molecule has 0 saturated heterocycles. The number of nitrogens with zero attached hydrogens (tertiary/aromatic N) is 2. The van der Waals surface area contributed by atoms with Gasteiger partial charge in [0, 0.05) is 22.0 Å². The number of carboxylic acid groups (broad SMARTS) is 1. The average molecular weight is 311 g/mol. The van der Waals surface area contributed by atoms with Gasteiger partial charge in [-0.2, -0.15) is 0 Å². The van der Waals surface area contributed by atoms with Gasteiger partial charge in [0.05, 0.1) is 11.2 Å². The minimum Gasteiger partial charge on any atom is -0.478 e. The average Bonchev–Trinajstić information content (AvgIpc) is 2.53. The first kappa shape index (κ1) is 14.2. The lowest BCUT2D eigenvalue weighted by Gasteiger charge is -2.07. The zero-order valence-electron chi connectivity index (χ0n) is 11.4. The van der Waals surface area contributed by atoms with Gasteiger partial charge in [0.2, 0.25) is 0 Å². The number of fused-ring (bicyclic) bond motifs is 1. The SMILES string of the molecule is O=C(O)/C=C/c1nc(-c2ccccc2)c2cc(Cl)ccc2n1. The second-order valence-electron chi connectivity index (χ2n) is 4.63. The Hall–Kier alpha value is -2.72. The molecule has 5 heteroatoms. The Labute approximate surface area is 131 Å². The highest BCUT2D eigenvalue weighted by atomic mass is 35.5. The molecule has 0 spiro atoms. The van der Waals surface area contributed by atoms with Gasteiger partial charge in [-0.25, -0.2) is 14.8 Å². The molecule has 0 fully saturated rings. The number of rotatable bonds is 3. The van der Waals surface area contributed by atoms with Crippen LogP contribution in [0.1, 0.15) is 5.82 Å². The molecule has 22 heavy (non-hydrogen) atoms. The van der Waals surface area contributed by atoms with Gasteiger partial charge >= 0.3 is 5.97 Å². The minimum atomic E-state index is -1.04. The van der Waals surface area contributed by atoms with E-state index >= 15 is 0 Å². The number of hydrogen-bond donors (Lipinski definition) is 1. The molecule has 1 aromatic heterocycles. The molecular weight excluding hydrogens is 300 g/mol. The fraction of sp³-hybridized carbons (Fsp3) is 0. The first-order valence-corrected chi connectivity index (χ1v) is 6.95. The summed E-state index contributed by atoms with van der Waals surface area (Å²) >= 11 is 6.07. The van der Waals surface area contributed by atoms with Crippen molar-refractivity contribution in [2.75, 3.05) is 0 Å². The van der Waals surface area contributed by atoms with Crippen LogP contribution in [0.2, 0.25) is 5.02 Å². The molecule has 3 aromatic rings. The summed E-state index contributed by atoms with van der Waals surface area (Å²) in [5, 5.41) is 10.2. The summed E-state index contributed by atoms with van der Waals surface area (Å²) in [6.45, 7) is 0. The number of hydrogen-bond acceptors (Lipinski definition) is 3. The Morgan fingerprint density at radius 2 is 1.86 bits per heavy atom. The molecular formula is C17H11ClN2O2. The number of aliphatic carboxylic acids is 1. The number of carboxylic acids is 1. The van der Waals surface area contributed by atoms with Crippen LogP contribution in [0.15, 0.2) is 54.6 Å². The Morgan fingerprint density at radius 3 is 2.59 bits per heavy atom. The summed E-state index contributed by atoms with van der Waals surface area (Å²) in [7, 11) is 0. The van der Waals surface area contributed by atoms with E-state index in [1.807, 2.05) is 36.4 Å². The van der Waals surface area contributed by atoms with Gasteiger partial charge in [-0.05, 0) is 24.3 Å². The number of halogens is 1. The Kier molecular flexibility index (Phi) is 3.85. The molecule has 0 amide bonds. The fourth-order valence-corrected chi connectivity index (χ4v) is 2.33. The molecule has 2 aromatic carbocycles. The van der Waals surface area contributed by atoms with Crippen molar-refractivity contribution in [3.05, 3.63) is 65.5 Å². The molecule has 108 valence electrons. The molecule has 1 heterocycles. The van der Waals surface area contributed by atoms with E-state index in [1.165, 1.54) is 6.08 Å². The first-order chi connectivity index (χ1) is 10.6. The Morgan fingerprint density at radius 1 is 1.09 bits per heavy atom. The van der Waals surface area contributed by atoms with Crippen LogP contribution >= 0.6 is 11.6 Å².